The van der Waals surface area contributed by atoms with Crippen molar-refractivity contribution in [2.75, 3.05) is 32.1 Å². The van der Waals surface area contributed by atoms with E-state index in [0.29, 0.717) is 35.8 Å². The summed E-state index contributed by atoms with van der Waals surface area (Å²) in [5.41, 5.74) is 1.71. The van der Waals surface area contributed by atoms with Crippen molar-refractivity contribution < 1.29 is 19.4 Å². The van der Waals surface area contributed by atoms with Crippen molar-refractivity contribution in [3.05, 3.63) is 53.7 Å². The van der Waals surface area contributed by atoms with Gasteiger partial charge < -0.3 is 25.0 Å². The number of rotatable bonds is 5. The van der Waals surface area contributed by atoms with Gasteiger partial charge in [-0.05, 0) is 38.0 Å². The lowest BCUT2D eigenvalue weighted by atomic mass is 9.90. The van der Waals surface area contributed by atoms with Gasteiger partial charge in [0.05, 0.1) is 19.2 Å². The van der Waals surface area contributed by atoms with Crippen LogP contribution in [0.1, 0.15) is 61.9 Å². The number of fused-ring (bicyclic) bond motifs is 1. The number of carbonyl (C=O) groups excluding carboxylic acids is 2. The van der Waals surface area contributed by atoms with Crippen molar-refractivity contribution in [1.82, 2.24) is 14.8 Å². The lowest BCUT2D eigenvalue weighted by molar-refractivity contribution is 0.0356. The summed E-state index contributed by atoms with van der Waals surface area (Å²) in [7, 11) is 1.71. The van der Waals surface area contributed by atoms with Crippen molar-refractivity contribution in [2.45, 2.75) is 58.1 Å². The number of aliphatic hydroxyl groups excluding tert-OH is 1. The van der Waals surface area contributed by atoms with Crippen LogP contribution in [0.15, 0.2) is 42.6 Å². The van der Waals surface area contributed by atoms with Crippen LogP contribution in [0.5, 0.6) is 5.88 Å². The molecule has 8 heteroatoms. The standard InChI is InChI=1S/C30H38N4O4/c1-21-18-34(22(2)20-35)29(36)26-16-24(15-14-23-10-6-4-7-11-23)17-31-28(26)38-27(21)19-33(3)30(37)32-25-12-8-5-9-13-25/h5,8-9,12-13,16-17,21-23,27,35H,4,6-7,10-11,18-20H2,1-3H3,(H,32,37)/t21-,22+,27-/m0/s1. The summed E-state index contributed by atoms with van der Waals surface area (Å²) in [5.74, 6) is 6.82. The molecule has 4 rings (SSSR count). The number of aliphatic hydroxyl groups is 1. The Balaban J connectivity index is 1.57. The lowest BCUT2D eigenvalue weighted by Gasteiger charge is -2.37. The maximum atomic E-state index is 13.6. The minimum Gasteiger partial charge on any atom is -0.472 e. The monoisotopic (exact) mass is 518 g/mol. The van der Waals surface area contributed by atoms with Gasteiger partial charge in [0.2, 0.25) is 5.88 Å². The molecule has 3 amide bonds. The first-order valence-corrected chi connectivity index (χ1v) is 13.5. The number of aromatic nitrogens is 1. The number of pyridine rings is 1. The van der Waals surface area contributed by atoms with E-state index in [4.69, 9.17) is 4.74 Å². The number of hydrogen-bond donors (Lipinski definition) is 2. The van der Waals surface area contributed by atoms with E-state index in [9.17, 15) is 14.7 Å². The van der Waals surface area contributed by atoms with Crippen molar-refractivity contribution in [3.63, 3.8) is 0 Å². The molecule has 2 aliphatic rings. The third-order valence-corrected chi connectivity index (χ3v) is 7.37. The molecule has 3 atom stereocenters. The van der Waals surface area contributed by atoms with Gasteiger partial charge in [-0.15, -0.1) is 0 Å². The molecule has 1 aromatic carbocycles. The minimum atomic E-state index is -0.423. The van der Waals surface area contributed by atoms with Gasteiger partial charge >= 0.3 is 6.03 Å². The van der Waals surface area contributed by atoms with Gasteiger partial charge in [0.1, 0.15) is 11.7 Å². The number of carbonyl (C=O) groups is 2. The van der Waals surface area contributed by atoms with E-state index in [1.807, 2.05) is 44.2 Å². The van der Waals surface area contributed by atoms with Gasteiger partial charge in [-0.25, -0.2) is 9.78 Å². The quantitative estimate of drug-likeness (QED) is 0.573. The number of amides is 3. The zero-order chi connectivity index (χ0) is 27.1. The van der Waals surface area contributed by atoms with Gasteiger partial charge in [0.25, 0.3) is 5.91 Å². The molecule has 0 radical (unpaired) electrons. The first-order chi connectivity index (χ1) is 18.4. The van der Waals surface area contributed by atoms with Gasteiger partial charge in [0, 0.05) is 42.9 Å². The molecule has 2 N–H and O–H groups in total. The average Bonchev–Trinajstić information content (AvgIpc) is 2.94. The van der Waals surface area contributed by atoms with Crippen molar-refractivity contribution in [2.24, 2.45) is 11.8 Å². The molecule has 1 aliphatic heterocycles. The minimum absolute atomic E-state index is 0.124. The van der Waals surface area contributed by atoms with Crippen LogP contribution in [-0.4, -0.2) is 70.7 Å². The lowest BCUT2D eigenvalue weighted by Crippen LogP contribution is -2.50. The Morgan fingerprint density at radius 1 is 1.26 bits per heavy atom. The molecule has 1 aliphatic carbocycles. The Morgan fingerprint density at radius 2 is 2.00 bits per heavy atom. The van der Waals surface area contributed by atoms with Crippen LogP contribution in [0, 0.1) is 23.7 Å². The Hall–Kier alpha value is -3.57. The second kappa shape index (κ2) is 12.8. The molecule has 0 saturated heterocycles. The predicted molar refractivity (Wildman–Crippen MR) is 147 cm³/mol. The number of nitrogens with one attached hydrogen (secondary N) is 1. The normalized spacial score (nSPS) is 20.6. The summed E-state index contributed by atoms with van der Waals surface area (Å²) >= 11 is 0. The Morgan fingerprint density at radius 3 is 2.71 bits per heavy atom. The summed E-state index contributed by atoms with van der Waals surface area (Å²) in [5, 5.41) is 12.8. The van der Waals surface area contributed by atoms with E-state index in [1.54, 1.807) is 29.1 Å². The maximum Gasteiger partial charge on any atom is 0.321 e. The number of benzene rings is 1. The van der Waals surface area contributed by atoms with Gasteiger partial charge in [-0.1, -0.05) is 56.2 Å². The third kappa shape index (κ3) is 6.84. The topological polar surface area (TPSA) is 95.0 Å². The fraction of sp³-hybridized carbons (Fsp3) is 0.500. The number of ether oxygens (including phenoxy) is 1. The molecular weight excluding hydrogens is 480 g/mol. The van der Waals surface area contributed by atoms with E-state index in [-0.39, 0.29) is 36.4 Å². The zero-order valence-electron chi connectivity index (χ0n) is 22.5. The van der Waals surface area contributed by atoms with Crippen LogP contribution in [0.2, 0.25) is 0 Å². The second-order valence-electron chi connectivity index (χ2n) is 10.5. The molecule has 8 nitrogen and oxygen atoms in total. The summed E-state index contributed by atoms with van der Waals surface area (Å²) in [6.07, 6.45) is 7.13. The zero-order valence-corrected chi connectivity index (χ0v) is 22.5. The molecule has 1 fully saturated rings. The van der Waals surface area contributed by atoms with Crippen LogP contribution in [0.3, 0.4) is 0 Å². The molecule has 0 spiro atoms. The van der Waals surface area contributed by atoms with E-state index in [0.717, 1.165) is 12.8 Å². The van der Waals surface area contributed by atoms with Crippen LogP contribution < -0.4 is 10.1 Å². The third-order valence-electron chi connectivity index (χ3n) is 7.37. The number of nitrogens with zero attached hydrogens (tertiary/aromatic N) is 3. The predicted octanol–water partition coefficient (Wildman–Crippen LogP) is 4.40. The fourth-order valence-electron chi connectivity index (χ4n) is 4.91. The first kappa shape index (κ1) is 27.5. The molecule has 0 unspecified atom stereocenters. The van der Waals surface area contributed by atoms with Gasteiger partial charge in [0.15, 0.2) is 0 Å². The fourth-order valence-corrected chi connectivity index (χ4v) is 4.91. The summed E-state index contributed by atoms with van der Waals surface area (Å²) in [4.78, 5) is 34.2. The van der Waals surface area contributed by atoms with Crippen molar-refractivity contribution in [1.29, 1.82) is 0 Å². The molecular formula is C30H38N4O4. The molecule has 202 valence electrons. The highest BCUT2D eigenvalue weighted by atomic mass is 16.5. The van der Waals surface area contributed by atoms with E-state index >= 15 is 0 Å². The molecule has 38 heavy (non-hydrogen) atoms. The van der Waals surface area contributed by atoms with Crippen LogP contribution >= 0.6 is 0 Å². The average molecular weight is 519 g/mol. The number of anilines is 1. The van der Waals surface area contributed by atoms with E-state index < -0.39 is 6.10 Å². The molecule has 2 aromatic rings. The number of para-hydroxylation sites is 1. The van der Waals surface area contributed by atoms with Crippen LogP contribution in [0.25, 0.3) is 0 Å². The SMILES string of the molecule is C[C@H](CO)N1C[C@H](C)[C@H](CN(C)C(=O)Nc2ccccc2)Oc2ncc(C#CC3CCCCC3)cc2C1=O. The highest BCUT2D eigenvalue weighted by Crippen LogP contribution is 2.28. The molecule has 1 saturated carbocycles. The van der Waals surface area contributed by atoms with E-state index in [1.165, 1.54) is 19.3 Å². The second-order valence-corrected chi connectivity index (χ2v) is 10.5. The maximum absolute atomic E-state index is 13.6. The highest BCUT2D eigenvalue weighted by Gasteiger charge is 2.34. The Bertz CT molecular complexity index is 1170. The largest absolute Gasteiger partial charge is 0.472 e. The summed E-state index contributed by atoms with van der Waals surface area (Å²) in [6.45, 7) is 4.30. The Kier molecular flexibility index (Phi) is 9.24. The van der Waals surface area contributed by atoms with Gasteiger partial charge in [-0.2, -0.15) is 0 Å². The van der Waals surface area contributed by atoms with Crippen LogP contribution in [0.4, 0.5) is 10.5 Å². The molecule has 2 heterocycles. The summed E-state index contributed by atoms with van der Waals surface area (Å²) in [6, 6.07) is 10.4. The molecule has 0 bridgehead atoms. The first-order valence-electron chi connectivity index (χ1n) is 13.5. The number of urea groups is 1. The number of likely N-dealkylation sites (N-methyl/N-ethyl adjacent to an activating group) is 1. The number of hydrogen-bond acceptors (Lipinski definition) is 5. The van der Waals surface area contributed by atoms with E-state index in [2.05, 4.69) is 22.1 Å². The highest BCUT2D eigenvalue weighted by molar-refractivity contribution is 5.97. The summed E-state index contributed by atoms with van der Waals surface area (Å²) < 4.78 is 6.31. The van der Waals surface area contributed by atoms with Gasteiger partial charge in [-0.3, -0.25) is 4.79 Å². The van der Waals surface area contributed by atoms with Crippen molar-refractivity contribution >= 4 is 17.6 Å². The smallest absolute Gasteiger partial charge is 0.321 e. The molecule has 1 aromatic heterocycles. The van der Waals surface area contributed by atoms with Crippen LogP contribution in [-0.2, 0) is 0 Å². The Labute approximate surface area is 225 Å². The van der Waals surface area contributed by atoms with Crippen molar-refractivity contribution in [3.8, 4) is 17.7 Å².